The summed E-state index contributed by atoms with van der Waals surface area (Å²) in [6.07, 6.45) is 6.76. The van der Waals surface area contributed by atoms with Gasteiger partial charge in [0, 0.05) is 11.8 Å². The van der Waals surface area contributed by atoms with Crippen LogP contribution in [-0.4, -0.2) is 24.6 Å². The summed E-state index contributed by atoms with van der Waals surface area (Å²) in [5.41, 5.74) is 7.32. The van der Waals surface area contributed by atoms with Crippen LogP contribution >= 0.6 is 0 Å². The van der Waals surface area contributed by atoms with Gasteiger partial charge in [0.1, 0.15) is 17.7 Å². The Kier molecular flexibility index (Phi) is 3.25. The van der Waals surface area contributed by atoms with Gasteiger partial charge in [0.15, 0.2) is 0 Å². The molecule has 0 radical (unpaired) electrons. The molecule has 1 unspecified atom stereocenters. The maximum absolute atomic E-state index is 9.74. The van der Waals surface area contributed by atoms with E-state index in [1.54, 1.807) is 37.6 Å². The number of hydrogen-bond acceptors (Lipinski definition) is 4. The zero-order valence-corrected chi connectivity index (χ0v) is 9.50. The van der Waals surface area contributed by atoms with Crippen LogP contribution in [0.4, 0.5) is 0 Å². The number of nitrogens with zero attached hydrogens (tertiary/aromatic N) is 1. The molecule has 1 aliphatic rings. The van der Waals surface area contributed by atoms with E-state index in [1.165, 1.54) is 0 Å². The number of dihydropyridines is 1. The van der Waals surface area contributed by atoms with Crippen molar-refractivity contribution in [2.24, 2.45) is 10.7 Å². The number of ether oxygens (including phenoxy) is 1. The maximum Gasteiger partial charge on any atom is 0.123 e. The molecular weight excluding hydrogens is 216 g/mol. The van der Waals surface area contributed by atoms with Crippen molar-refractivity contribution in [2.45, 2.75) is 6.17 Å². The number of methoxy groups -OCH3 is 1. The van der Waals surface area contributed by atoms with Crippen molar-refractivity contribution >= 4 is 12.3 Å². The van der Waals surface area contributed by atoms with Crippen molar-refractivity contribution < 1.29 is 9.84 Å². The molecule has 4 heteroatoms. The highest BCUT2D eigenvalue weighted by Gasteiger charge is 2.08. The number of aromatic hydroxyl groups is 1. The van der Waals surface area contributed by atoms with Gasteiger partial charge in [-0.25, -0.2) is 0 Å². The molecule has 1 aliphatic heterocycles. The van der Waals surface area contributed by atoms with Gasteiger partial charge in [-0.3, -0.25) is 4.99 Å². The van der Waals surface area contributed by atoms with E-state index in [0.29, 0.717) is 11.3 Å². The monoisotopic (exact) mass is 230 g/mol. The van der Waals surface area contributed by atoms with Crippen LogP contribution in [0.2, 0.25) is 0 Å². The molecule has 2 rings (SSSR count). The van der Waals surface area contributed by atoms with Gasteiger partial charge in [-0.1, -0.05) is 6.08 Å². The third-order valence-electron chi connectivity index (χ3n) is 2.52. The zero-order valence-electron chi connectivity index (χ0n) is 9.50. The van der Waals surface area contributed by atoms with Gasteiger partial charge in [0.05, 0.1) is 7.11 Å². The van der Waals surface area contributed by atoms with Gasteiger partial charge in [-0.2, -0.15) is 0 Å². The lowest BCUT2D eigenvalue weighted by atomic mass is 10.1. The van der Waals surface area contributed by atoms with E-state index >= 15 is 0 Å². The SMILES string of the molecule is COc1ccc(O)c(C=C2C=CC=NC2N)c1. The van der Waals surface area contributed by atoms with E-state index < -0.39 is 0 Å². The van der Waals surface area contributed by atoms with Crippen molar-refractivity contribution in [1.29, 1.82) is 0 Å². The highest BCUT2D eigenvalue weighted by molar-refractivity contribution is 5.76. The first-order valence-corrected chi connectivity index (χ1v) is 5.25. The first-order chi connectivity index (χ1) is 8.20. The predicted molar refractivity (Wildman–Crippen MR) is 68.2 cm³/mol. The fourth-order valence-corrected chi connectivity index (χ4v) is 1.57. The number of benzene rings is 1. The van der Waals surface area contributed by atoms with Crippen molar-refractivity contribution in [3.63, 3.8) is 0 Å². The van der Waals surface area contributed by atoms with E-state index in [2.05, 4.69) is 4.99 Å². The van der Waals surface area contributed by atoms with Gasteiger partial charge in [0.25, 0.3) is 0 Å². The lowest BCUT2D eigenvalue weighted by Gasteiger charge is -2.11. The second kappa shape index (κ2) is 4.84. The standard InChI is InChI=1S/C13H14N2O2/c1-17-11-4-5-12(16)10(8-11)7-9-3-2-6-15-13(9)14/h2-8,13,16H,14H2,1H3. The Hall–Kier alpha value is -2.07. The second-order valence-corrected chi connectivity index (χ2v) is 3.67. The normalized spacial score (nSPS) is 20.8. The van der Waals surface area contributed by atoms with Crippen molar-refractivity contribution in [3.8, 4) is 11.5 Å². The van der Waals surface area contributed by atoms with Crippen molar-refractivity contribution in [1.82, 2.24) is 0 Å². The van der Waals surface area contributed by atoms with E-state index in [4.69, 9.17) is 10.5 Å². The number of allylic oxidation sites excluding steroid dienone is 1. The molecule has 1 heterocycles. The van der Waals surface area contributed by atoms with Crippen molar-refractivity contribution in [2.75, 3.05) is 7.11 Å². The molecule has 0 saturated carbocycles. The minimum absolute atomic E-state index is 0.188. The Balaban J connectivity index is 2.37. The Labute approximate surface area is 99.7 Å². The molecule has 1 aromatic carbocycles. The average molecular weight is 230 g/mol. The quantitative estimate of drug-likeness (QED) is 0.812. The summed E-state index contributed by atoms with van der Waals surface area (Å²) in [5.74, 6) is 0.875. The third kappa shape index (κ3) is 2.54. The number of nitrogens with two attached hydrogens (primary N) is 1. The van der Waals surface area contributed by atoms with E-state index in [9.17, 15) is 5.11 Å². The molecule has 0 fully saturated rings. The molecule has 0 spiro atoms. The third-order valence-corrected chi connectivity index (χ3v) is 2.52. The molecular formula is C13H14N2O2. The highest BCUT2D eigenvalue weighted by Crippen LogP contribution is 2.26. The Morgan fingerprint density at radius 2 is 2.29 bits per heavy atom. The molecule has 0 bridgehead atoms. The van der Waals surface area contributed by atoms with E-state index in [-0.39, 0.29) is 11.9 Å². The minimum Gasteiger partial charge on any atom is -0.507 e. The summed E-state index contributed by atoms with van der Waals surface area (Å²) >= 11 is 0. The second-order valence-electron chi connectivity index (χ2n) is 3.67. The lowest BCUT2D eigenvalue weighted by Crippen LogP contribution is -2.20. The lowest BCUT2D eigenvalue weighted by molar-refractivity contribution is 0.412. The van der Waals surface area contributed by atoms with E-state index in [1.807, 2.05) is 12.2 Å². The maximum atomic E-state index is 9.74. The fourth-order valence-electron chi connectivity index (χ4n) is 1.57. The molecule has 0 saturated heterocycles. The molecule has 4 nitrogen and oxygen atoms in total. The highest BCUT2D eigenvalue weighted by atomic mass is 16.5. The van der Waals surface area contributed by atoms with Crippen LogP contribution in [0, 0.1) is 0 Å². The first kappa shape index (κ1) is 11.4. The largest absolute Gasteiger partial charge is 0.507 e. The molecule has 17 heavy (non-hydrogen) atoms. The van der Waals surface area contributed by atoms with Crippen LogP contribution in [0.1, 0.15) is 5.56 Å². The molecule has 3 N–H and O–H groups in total. The summed E-state index contributed by atoms with van der Waals surface area (Å²) in [5, 5.41) is 9.74. The topological polar surface area (TPSA) is 67.8 Å². The van der Waals surface area contributed by atoms with Gasteiger partial charge in [0.2, 0.25) is 0 Å². The molecule has 0 aromatic heterocycles. The van der Waals surface area contributed by atoms with Crippen LogP contribution in [0.3, 0.4) is 0 Å². The fraction of sp³-hybridized carbons (Fsp3) is 0.154. The minimum atomic E-state index is -0.384. The summed E-state index contributed by atoms with van der Waals surface area (Å²) < 4.78 is 5.11. The summed E-state index contributed by atoms with van der Waals surface area (Å²) in [4.78, 5) is 4.06. The predicted octanol–water partition coefficient (Wildman–Crippen LogP) is 1.71. The number of phenolic OH excluding ortho intramolecular Hbond substituents is 1. The molecule has 1 atom stereocenters. The molecule has 0 aliphatic carbocycles. The molecule has 88 valence electrons. The zero-order chi connectivity index (χ0) is 12.3. The Morgan fingerprint density at radius 1 is 1.47 bits per heavy atom. The van der Waals surface area contributed by atoms with Crippen molar-refractivity contribution in [3.05, 3.63) is 41.5 Å². The summed E-state index contributed by atoms with van der Waals surface area (Å²) in [6.45, 7) is 0. The average Bonchev–Trinajstić information content (AvgIpc) is 2.35. The van der Waals surface area contributed by atoms with Crippen LogP contribution < -0.4 is 10.5 Å². The van der Waals surface area contributed by atoms with Crippen LogP contribution in [0.5, 0.6) is 11.5 Å². The van der Waals surface area contributed by atoms with Crippen LogP contribution in [0.15, 0.2) is 40.9 Å². The van der Waals surface area contributed by atoms with Gasteiger partial charge in [-0.15, -0.1) is 0 Å². The molecule has 0 amide bonds. The van der Waals surface area contributed by atoms with Crippen LogP contribution in [-0.2, 0) is 0 Å². The van der Waals surface area contributed by atoms with Gasteiger partial charge in [-0.05, 0) is 35.9 Å². The Bertz CT molecular complexity index is 504. The summed E-state index contributed by atoms with van der Waals surface area (Å²) in [7, 11) is 1.58. The molecule has 1 aromatic rings. The number of hydrogen-bond donors (Lipinski definition) is 2. The summed E-state index contributed by atoms with van der Waals surface area (Å²) in [6, 6.07) is 5.04. The van der Waals surface area contributed by atoms with Gasteiger partial charge < -0.3 is 15.6 Å². The Morgan fingerprint density at radius 3 is 3.00 bits per heavy atom. The van der Waals surface area contributed by atoms with Gasteiger partial charge >= 0.3 is 0 Å². The first-order valence-electron chi connectivity index (χ1n) is 5.25. The van der Waals surface area contributed by atoms with E-state index in [0.717, 1.165) is 5.57 Å². The van der Waals surface area contributed by atoms with Crippen LogP contribution in [0.25, 0.3) is 6.08 Å². The number of phenols is 1. The number of aliphatic imine (C=N–C) groups is 1. The smallest absolute Gasteiger partial charge is 0.123 e. The number of rotatable bonds is 2.